The molecular formula is C14H18N2O2. The quantitative estimate of drug-likeness (QED) is 0.862. The molecule has 2 saturated heterocycles. The van der Waals surface area contributed by atoms with Gasteiger partial charge in [0.15, 0.2) is 0 Å². The number of rotatable bonds is 2. The van der Waals surface area contributed by atoms with Crippen LogP contribution in [-0.4, -0.2) is 36.7 Å². The van der Waals surface area contributed by atoms with Crippen molar-refractivity contribution in [3.63, 3.8) is 0 Å². The summed E-state index contributed by atoms with van der Waals surface area (Å²) in [6, 6.07) is 10.1. The Morgan fingerprint density at radius 2 is 2.17 bits per heavy atom. The van der Waals surface area contributed by atoms with E-state index in [1.807, 2.05) is 35.2 Å². The Hall–Kier alpha value is -1.55. The van der Waals surface area contributed by atoms with Crippen molar-refractivity contribution in [2.75, 3.05) is 19.6 Å². The molecule has 0 bridgehead atoms. The van der Waals surface area contributed by atoms with E-state index in [4.69, 9.17) is 4.74 Å². The predicted octanol–water partition coefficient (Wildman–Crippen LogP) is 1.62. The number of carbonyl (C=O) groups is 1. The van der Waals surface area contributed by atoms with Gasteiger partial charge in [-0.05, 0) is 17.9 Å². The molecule has 0 radical (unpaired) electrons. The second kappa shape index (κ2) is 4.98. The Kier molecular flexibility index (Phi) is 3.19. The largest absolute Gasteiger partial charge is 0.445 e. The van der Waals surface area contributed by atoms with E-state index in [-0.39, 0.29) is 6.09 Å². The lowest BCUT2D eigenvalue weighted by Gasteiger charge is -2.22. The van der Waals surface area contributed by atoms with E-state index < -0.39 is 0 Å². The van der Waals surface area contributed by atoms with E-state index in [2.05, 4.69) is 5.32 Å². The van der Waals surface area contributed by atoms with Crippen molar-refractivity contribution in [2.45, 2.75) is 19.1 Å². The van der Waals surface area contributed by atoms with Gasteiger partial charge in [-0.25, -0.2) is 4.79 Å². The minimum atomic E-state index is -0.171. The summed E-state index contributed by atoms with van der Waals surface area (Å²) in [5.41, 5.74) is 1.03. The molecule has 0 spiro atoms. The second-order valence-electron chi connectivity index (χ2n) is 5.01. The van der Waals surface area contributed by atoms with Gasteiger partial charge in [0.25, 0.3) is 0 Å². The first-order valence-corrected chi connectivity index (χ1v) is 6.52. The number of ether oxygens (including phenoxy) is 1. The molecule has 2 fully saturated rings. The highest BCUT2D eigenvalue weighted by molar-refractivity contribution is 5.68. The minimum Gasteiger partial charge on any atom is -0.445 e. The first-order valence-electron chi connectivity index (χ1n) is 6.52. The molecule has 18 heavy (non-hydrogen) atoms. The molecule has 4 nitrogen and oxygen atoms in total. The summed E-state index contributed by atoms with van der Waals surface area (Å²) in [7, 11) is 0. The summed E-state index contributed by atoms with van der Waals surface area (Å²) in [6.45, 7) is 3.14. The Labute approximate surface area is 107 Å². The van der Waals surface area contributed by atoms with E-state index in [1.165, 1.54) is 0 Å². The van der Waals surface area contributed by atoms with Crippen LogP contribution in [0.15, 0.2) is 30.3 Å². The van der Waals surface area contributed by atoms with Crippen LogP contribution in [0, 0.1) is 5.92 Å². The van der Waals surface area contributed by atoms with Crippen molar-refractivity contribution in [2.24, 2.45) is 5.92 Å². The third-order valence-corrected chi connectivity index (χ3v) is 3.88. The van der Waals surface area contributed by atoms with Gasteiger partial charge in [0.2, 0.25) is 0 Å². The van der Waals surface area contributed by atoms with Gasteiger partial charge in [-0.3, -0.25) is 0 Å². The van der Waals surface area contributed by atoms with E-state index in [0.29, 0.717) is 18.6 Å². The van der Waals surface area contributed by atoms with Crippen molar-refractivity contribution in [1.29, 1.82) is 0 Å². The van der Waals surface area contributed by atoms with Crippen LogP contribution in [0.25, 0.3) is 0 Å². The van der Waals surface area contributed by atoms with E-state index >= 15 is 0 Å². The van der Waals surface area contributed by atoms with Crippen molar-refractivity contribution >= 4 is 6.09 Å². The number of nitrogens with zero attached hydrogens (tertiary/aromatic N) is 1. The summed E-state index contributed by atoms with van der Waals surface area (Å²) in [6.07, 6.45) is 0.924. The monoisotopic (exact) mass is 246 g/mol. The number of likely N-dealkylation sites (tertiary alicyclic amines) is 1. The average Bonchev–Trinajstić information content (AvgIpc) is 2.99. The van der Waals surface area contributed by atoms with Crippen LogP contribution in [0.2, 0.25) is 0 Å². The molecule has 2 aliphatic heterocycles. The number of nitrogens with one attached hydrogen (secondary N) is 1. The number of benzene rings is 1. The molecule has 4 heteroatoms. The maximum atomic E-state index is 12.0. The summed E-state index contributed by atoms with van der Waals surface area (Å²) >= 11 is 0. The standard InChI is InChI=1S/C14H18N2O2/c17-14(18-10-11-4-2-1-3-5-11)16-7-6-12-8-15-9-13(12)16/h1-5,12-13,15H,6-10H2/t12-,13+/m1/s1. The van der Waals surface area contributed by atoms with Gasteiger partial charge in [-0.1, -0.05) is 30.3 Å². The minimum absolute atomic E-state index is 0.171. The molecule has 1 amide bonds. The Bertz CT molecular complexity index is 421. The van der Waals surface area contributed by atoms with Gasteiger partial charge in [-0.2, -0.15) is 0 Å². The fourth-order valence-electron chi connectivity index (χ4n) is 2.88. The highest BCUT2D eigenvalue weighted by Gasteiger charge is 2.40. The molecule has 96 valence electrons. The molecular weight excluding hydrogens is 228 g/mol. The number of hydrogen-bond acceptors (Lipinski definition) is 3. The summed E-state index contributed by atoms with van der Waals surface area (Å²) < 4.78 is 5.38. The molecule has 0 unspecified atom stereocenters. The SMILES string of the molecule is O=C(OCc1ccccc1)N1CC[C@@H]2CNC[C@@H]21. The lowest BCUT2D eigenvalue weighted by Crippen LogP contribution is -2.39. The van der Waals surface area contributed by atoms with Crippen molar-refractivity contribution in [3.8, 4) is 0 Å². The van der Waals surface area contributed by atoms with E-state index in [1.54, 1.807) is 0 Å². The zero-order valence-electron chi connectivity index (χ0n) is 10.3. The van der Waals surface area contributed by atoms with Crippen molar-refractivity contribution in [3.05, 3.63) is 35.9 Å². The fraction of sp³-hybridized carbons (Fsp3) is 0.500. The maximum Gasteiger partial charge on any atom is 0.410 e. The summed E-state index contributed by atoms with van der Waals surface area (Å²) in [5.74, 6) is 0.620. The van der Waals surface area contributed by atoms with Gasteiger partial charge in [0, 0.05) is 19.6 Å². The van der Waals surface area contributed by atoms with Gasteiger partial charge in [0.1, 0.15) is 6.61 Å². The zero-order valence-corrected chi connectivity index (χ0v) is 10.3. The van der Waals surface area contributed by atoms with Crippen LogP contribution >= 0.6 is 0 Å². The van der Waals surface area contributed by atoms with Crippen LogP contribution in [0.5, 0.6) is 0 Å². The predicted molar refractivity (Wildman–Crippen MR) is 68.1 cm³/mol. The lowest BCUT2D eigenvalue weighted by atomic mass is 10.1. The zero-order chi connectivity index (χ0) is 12.4. The van der Waals surface area contributed by atoms with Gasteiger partial charge >= 0.3 is 6.09 Å². The normalized spacial score (nSPS) is 26.1. The van der Waals surface area contributed by atoms with Gasteiger partial charge in [0.05, 0.1) is 6.04 Å². The van der Waals surface area contributed by atoms with E-state index in [9.17, 15) is 4.79 Å². The van der Waals surface area contributed by atoms with Crippen LogP contribution in [0.3, 0.4) is 0 Å². The first kappa shape index (κ1) is 11.5. The van der Waals surface area contributed by atoms with Crippen molar-refractivity contribution < 1.29 is 9.53 Å². The van der Waals surface area contributed by atoms with Gasteiger partial charge in [-0.15, -0.1) is 0 Å². The molecule has 2 atom stereocenters. The first-order chi connectivity index (χ1) is 8.84. The van der Waals surface area contributed by atoms with Crippen LogP contribution in [0.1, 0.15) is 12.0 Å². The third kappa shape index (κ3) is 2.20. The molecule has 1 aromatic rings. The molecule has 0 aliphatic carbocycles. The molecule has 1 N–H and O–H groups in total. The number of hydrogen-bond donors (Lipinski definition) is 1. The fourth-order valence-corrected chi connectivity index (χ4v) is 2.88. The van der Waals surface area contributed by atoms with Crippen LogP contribution < -0.4 is 5.32 Å². The highest BCUT2D eigenvalue weighted by Crippen LogP contribution is 2.27. The molecule has 0 aromatic heterocycles. The molecule has 1 aromatic carbocycles. The molecule has 2 aliphatic rings. The third-order valence-electron chi connectivity index (χ3n) is 3.88. The lowest BCUT2D eigenvalue weighted by molar-refractivity contribution is 0.0922. The average molecular weight is 246 g/mol. The Balaban J connectivity index is 1.56. The molecule has 0 saturated carbocycles. The van der Waals surface area contributed by atoms with E-state index in [0.717, 1.165) is 31.6 Å². The van der Waals surface area contributed by atoms with Crippen molar-refractivity contribution in [1.82, 2.24) is 10.2 Å². The second-order valence-corrected chi connectivity index (χ2v) is 5.01. The van der Waals surface area contributed by atoms with Gasteiger partial charge < -0.3 is 15.0 Å². The number of fused-ring (bicyclic) bond motifs is 1. The smallest absolute Gasteiger partial charge is 0.410 e. The van der Waals surface area contributed by atoms with Crippen LogP contribution in [-0.2, 0) is 11.3 Å². The van der Waals surface area contributed by atoms with Crippen LogP contribution in [0.4, 0.5) is 4.79 Å². The Morgan fingerprint density at radius 3 is 3.00 bits per heavy atom. The summed E-state index contributed by atoms with van der Waals surface area (Å²) in [5, 5.41) is 3.33. The number of carbonyl (C=O) groups excluding carboxylic acids is 1. The topological polar surface area (TPSA) is 41.6 Å². The number of amides is 1. The summed E-state index contributed by atoms with van der Waals surface area (Å²) in [4.78, 5) is 13.9. The molecule has 2 heterocycles. The molecule has 3 rings (SSSR count). The maximum absolute atomic E-state index is 12.0. The highest BCUT2D eigenvalue weighted by atomic mass is 16.6. The Morgan fingerprint density at radius 1 is 1.33 bits per heavy atom.